The van der Waals surface area contributed by atoms with Crippen molar-refractivity contribution in [1.29, 1.82) is 0 Å². The van der Waals surface area contributed by atoms with Gasteiger partial charge in [-0.1, -0.05) is 56.6 Å². The molecule has 2 N–H and O–H groups in total. The highest BCUT2D eigenvalue weighted by molar-refractivity contribution is 6.12. The van der Waals surface area contributed by atoms with Crippen molar-refractivity contribution < 1.29 is 19.8 Å². The van der Waals surface area contributed by atoms with Crippen molar-refractivity contribution in [1.82, 2.24) is 0 Å². The van der Waals surface area contributed by atoms with Crippen molar-refractivity contribution in [2.24, 2.45) is 5.41 Å². The third-order valence-corrected chi connectivity index (χ3v) is 3.31. The van der Waals surface area contributed by atoms with Gasteiger partial charge in [0.05, 0.1) is 0 Å². The Balaban J connectivity index is 2.99. The van der Waals surface area contributed by atoms with Gasteiger partial charge in [-0.15, -0.1) is 0 Å². The van der Waals surface area contributed by atoms with Gasteiger partial charge in [-0.2, -0.15) is 0 Å². The number of carboxylic acids is 2. The quantitative estimate of drug-likeness (QED) is 0.320. The molecule has 0 fully saturated rings. The van der Waals surface area contributed by atoms with E-state index in [2.05, 4.69) is 6.92 Å². The normalized spacial score (nSPS) is 21.1. The predicted molar refractivity (Wildman–Crippen MR) is 72.8 cm³/mol. The first-order valence-electron chi connectivity index (χ1n) is 6.54. The summed E-state index contributed by atoms with van der Waals surface area (Å²) in [5.41, 5.74) is -1.02. The van der Waals surface area contributed by atoms with Gasteiger partial charge < -0.3 is 10.2 Å². The molecule has 104 valence electrons. The molecular weight excluding hydrogens is 244 g/mol. The van der Waals surface area contributed by atoms with Gasteiger partial charge in [0.2, 0.25) is 0 Å². The van der Waals surface area contributed by atoms with Crippen LogP contribution in [0.1, 0.15) is 39.0 Å². The second-order valence-electron chi connectivity index (χ2n) is 4.85. The molecule has 0 aliphatic heterocycles. The molecule has 0 aromatic carbocycles. The fourth-order valence-corrected chi connectivity index (χ4v) is 2.25. The molecule has 4 nitrogen and oxygen atoms in total. The highest BCUT2D eigenvalue weighted by Gasteiger charge is 2.28. The second-order valence-corrected chi connectivity index (χ2v) is 4.85. The lowest BCUT2D eigenvalue weighted by molar-refractivity contribution is -0.140. The summed E-state index contributed by atoms with van der Waals surface area (Å²) in [5.74, 6) is -2.77. The molecule has 0 radical (unpaired) electrons. The van der Waals surface area contributed by atoms with Gasteiger partial charge in [-0.25, -0.2) is 9.59 Å². The summed E-state index contributed by atoms with van der Waals surface area (Å²) in [5, 5.41) is 17.9. The van der Waals surface area contributed by atoms with Crippen LogP contribution in [0.4, 0.5) is 0 Å². The van der Waals surface area contributed by atoms with Crippen molar-refractivity contribution in [3.05, 3.63) is 36.0 Å². The van der Waals surface area contributed by atoms with Crippen molar-refractivity contribution in [2.75, 3.05) is 0 Å². The molecule has 0 aromatic rings. The monoisotopic (exact) mass is 264 g/mol. The van der Waals surface area contributed by atoms with Crippen LogP contribution in [0.15, 0.2) is 36.0 Å². The van der Waals surface area contributed by atoms with Crippen molar-refractivity contribution in [3.8, 4) is 0 Å². The van der Waals surface area contributed by atoms with E-state index in [1.165, 1.54) is 6.08 Å². The van der Waals surface area contributed by atoms with Crippen molar-refractivity contribution in [3.63, 3.8) is 0 Å². The molecule has 1 aliphatic rings. The number of allylic oxidation sites excluding steroid dienone is 5. The van der Waals surface area contributed by atoms with E-state index in [-0.39, 0.29) is 0 Å². The predicted octanol–water partition coefficient (Wildman–Crippen LogP) is 3.16. The lowest BCUT2D eigenvalue weighted by Crippen LogP contribution is -2.21. The molecule has 0 saturated heterocycles. The fraction of sp³-hybridized carbons (Fsp3) is 0.467. The Morgan fingerprint density at radius 3 is 2.37 bits per heavy atom. The number of carbonyl (C=O) groups is 2. The Hall–Kier alpha value is -1.84. The number of carboxylic acid groups (broad SMARTS) is 2. The van der Waals surface area contributed by atoms with Gasteiger partial charge in [0.25, 0.3) is 0 Å². The molecule has 0 spiro atoms. The zero-order valence-electron chi connectivity index (χ0n) is 11.1. The van der Waals surface area contributed by atoms with Gasteiger partial charge in [0, 0.05) is 5.41 Å². The van der Waals surface area contributed by atoms with Crippen LogP contribution in [0.2, 0.25) is 0 Å². The van der Waals surface area contributed by atoms with E-state index in [0.717, 1.165) is 25.7 Å². The number of rotatable bonds is 7. The van der Waals surface area contributed by atoms with Crippen LogP contribution in [0.3, 0.4) is 0 Å². The van der Waals surface area contributed by atoms with E-state index < -0.39 is 22.9 Å². The van der Waals surface area contributed by atoms with Crippen molar-refractivity contribution >= 4 is 11.9 Å². The minimum atomic E-state index is -1.38. The molecule has 19 heavy (non-hydrogen) atoms. The minimum absolute atomic E-state index is 0.476. The van der Waals surface area contributed by atoms with Crippen LogP contribution in [-0.4, -0.2) is 22.2 Å². The first kappa shape index (κ1) is 15.2. The average molecular weight is 264 g/mol. The Bertz CT molecular complexity index is 415. The lowest BCUT2D eigenvalue weighted by Gasteiger charge is -2.28. The number of hydrogen-bond donors (Lipinski definition) is 2. The molecule has 0 aromatic heterocycles. The maximum atomic E-state index is 11.0. The molecule has 0 amide bonds. The molecule has 0 bridgehead atoms. The van der Waals surface area contributed by atoms with E-state index in [4.69, 9.17) is 10.2 Å². The van der Waals surface area contributed by atoms with Gasteiger partial charge in [-0.3, -0.25) is 0 Å². The van der Waals surface area contributed by atoms with E-state index >= 15 is 0 Å². The maximum absolute atomic E-state index is 11.0. The summed E-state index contributed by atoms with van der Waals surface area (Å²) in [6.07, 6.45) is 13.5. The van der Waals surface area contributed by atoms with E-state index in [1.54, 1.807) is 0 Å². The third-order valence-electron chi connectivity index (χ3n) is 3.31. The average Bonchev–Trinajstić information content (AvgIpc) is 2.37. The maximum Gasteiger partial charge on any atom is 0.342 e. The molecule has 4 heteroatoms. The lowest BCUT2D eigenvalue weighted by atomic mass is 9.76. The highest BCUT2D eigenvalue weighted by Crippen LogP contribution is 2.36. The molecule has 1 aliphatic carbocycles. The van der Waals surface area contributed by atoms with Crippen molar-refractivity contribution in [2.45, 2.75) is 39.0 Å². The van der Waals surface area contributed by atoms with E-state index in [9.17, 15) is 9.59 Å². The summed E-state index contributed by atoms with van der Waals surface area (Å²) in [7, 11) is 0. The second kappa shape index (κ2) is 6.92. The smallest absolute Gasteiger partial charge is 0.342 e. The van der Waals surface area contributed by atoms with Gasteiger partial charge in [-0.05, 0) is 12.8 Å². The zero-order valence-corrected chi connectivity index (χ0v) is 11.1. The van der Waals surface area contributed by atoms with Crippen LogP contribution in [0, 0.1) is 5.41 Å². The third kappa shape index (κ3) is 4.39. The van der Waals surface area contributed by atoms with Gasteiger partial charge in [0.1, 0.15) is 5.57 Å². The number of aliphatic carboxylic acids is 2. The van der Waals surface area contributed by atoms with Gasteiger partial charge >= 0.3 is 11.9 Å². The van der Waals surface area contributed by atoms with Crippen LogP contribution in [-0.2, 0) is 9.59 Å². The van der Waals surface area contributed by atoms with E-state index in [0.29, 0.717) is 6.42 Å². The zero-order chi connectivity index (χ0) is 14.3. The van der Waals surface area contributed by atoms with Crippen LogP contribution in [0.25, 0.3) is 0 Å². The van der Waals surface area contributed by atoms with Crippen LogP contribution < -0.4 is 0 Å². The molecule has 0 saturated carbocycles. The topological polar surface area (TPSA) is 74.6 Å². The summed E-state index contributed by atoms with van der Waals surface area (Å²) >= 11 is 0. The minimum Gasteiger partial charge on any atom is -0.477 e. The SMILES string of the molecule is CCCCCC1(C=C(C(=O)O)C(=O)O)C=CC=CC1. The van der Waals surface area contributed by atoms with E-state index in [1.807, 2.05) is 24.3 Å². The summed E-state index contributed by atoms with van der Waals surface area (Å²) in [4.78, 5) is 22.0. The standard InChI is InChI=1S/C15H20O4/c1-2-3-5-8-15(9-6-4-7-10-15)11-12(13(16)17)14(18)19/h4,6-7,9,11H,2-3,5,8,10H2,1H3,(H,16,17)(H,18,19). The Kier molecular flexibility index (Phi) is 5.55. The first-order valence-corrected chi connectivity index (χ1v) is 6.54. The Morgan fingerprint density at radius 2 is 1.89 bits per heavy atom. The molecule has 1 rings (SSSR count). The molecular formula is C15H20O4. The summed E-state index contributed by atoms with van der Waals surface area (Å²) in [6.45, 7) is 2.10. The largest absolute Gasteiger partial charge is 0.477 e. The Labute approximate surface area is 113 Å². The van der Waals surface area contributed by atoms with Crippen LogP contribution in [0.5, 0.6) is 0 Å². The van der Waals surface area contributed by atoms with Crippen LogP contribution >= 0.6 is 0 Å². The Morgan fingerprint density at radius 1 is 1.21 bits per heavy atom. The summed E-state index contributed by atoms with van der Waals surface area (Å²) < 4.78 is 0. The number of hydrogen-bond acceptors (Lipinski definition) is 2. The highest BCUT2D eigenvalue weighted by atomic mass is 16.4. The number of unbranched alkanes of at least 4 members (excludes halogenated alkanes) is 2. The molecule has 0 heterocycles. The summed E-state index contributed by atoms with van der Waals surface area (Å²) in [6, 6.07) is 0. The van der Waals surface area contributed by atoms with Gasteiger partial charge in [0.15, 0.2) is 0 Å². The molecule has 1 unspecified atom stereocenters. The first-order chi connectivity index (χ1) is 9.01. The fourth-order valence-electron chi connectivity index (χ4n) is 2.25. The molecule has 1 atom stereocenters.